The SMILES string of the molecule is C=Cc1ccccc1.O.OO.c1ccc(C2CO2)cc1. The summed E-state index contributed by atoms with van der Waals surface area (Å²) in [5.74, 6) is 0. The number of ether oxygens (including phenoxy) is 1. The van der Waals surface area contributed by atoms with E-state index < -0.39 is 0 Å². The fourth-order valence-corrected chi connectivity index (χ4v) is 1.50. The van der Waals surface area contributed by atoms with Crippen molar-refractivity contribution in [2.24, 2.45) is 0 Å². The number of rotatable bonds is 2. The second-order valence-electron chi connectivity index (χ2n) is 3.85. The first kappa shape index (κ1) is 18.0. The van der Waals surface area contributed by atoms with Crippen molar-refractivity contribution in [3.63, 3.8) is 0 Å². The number of hydrogen-bond acceptors (Lipinski definition) is 3. The van der Waals surface area contributed by atoms with E-state index in [1.165, 1.54) is 11.1 Å². The van der Waals surface area contributed by atoms with Crippen LogP contribution in [0, 0.1) is 0 Å². The average molecular weight is 276 g/mol. The topological polar surface area (TPSA) is 84.5 Å². The lowest BCUT2D eigenvalue weighted by atomic mass is 10.2. The molecule has 1 heterocycles. The lowest BCUT2D eigenvalue weighted by Crippen LogP contribution is -1.75. The minimum absolute atomic E-state index is 0. The molecule has 0 aliphatic carbocycles. The zero-order chi connectivity index (χ0) is 13.9. The molecule has 1 aliphatic rings. The minimum Gasteiger partial charge on any atom is -0.412 e. The van der Waals surface area contributed by atoms with Crippen molar-refractivity contribution in [3.8, 4) is 0 Å². The molecule has 0 bridgehead atoms. The van der Waals surface area contributed by atoms with E-state index in [9.17, 15) is 0 Å². The molecule has 4 nitrogen and oxygen atoms in total. The first-order valence-corrected chi connectivity index (χ1v) is 5.94. The Morgan fingerprint density at radius 2 is 1.40 bits per heavy atom. The van der Waals surface area contributed by atoms with Crippen LogP contribution < -0.4 is 0 Å². The highest BCUT2D eigenvalue weighted by atomic mass is 17.0. The van der Waals surface area contributed by atoms with Crippen molar-refractivity contribution in [3.05, 3.63) is 78.4 Å². The molecule has 3 rings (SSSR count). The molecule has 108 valence electrons. The molecule has 2 aromatic carbocycles. The Morgan fingerprint density at radius 3 is 1.75 bits per heavy atom. The van der Waals surface area contributed by atoms with Crippen LogP contribution >= 0.6 is 0 Å². The lowest BCUT2D eigenvalue weighted by Gasteiger charge is -1.89. The van der Waals surface area contributed by atoms with Gasteiger partial charge in [-0.1, -0.05) is 73.3 Å². The summed E-state index contributed by atoms with van der Waals surface area (Å²) in [6, 6.07) is 20.3. The van der Waals surface area contributed by atoms with Crippen LogP contribution in [0.4, 0.5) is 0 Å². The van der Waals surface area contributed by atoms with E-state index in [1.807, 2.05) is 54.6 Å². The van der Waals surface area contributed by atoms with Crippen LogP contribution in [0.5, 0.6) is 0 Å². The van der Waals surface area contributed by atoms with Gasteiger partial charge in [-0.2, -0.15) is 0 Å². The smallest absolute Gasteiger partial charge is 0.106 e. The predicted octanol–water partition coefficient (Wildman–Crippen LogP) is 3.28. The molecule has 1 unspecified atom stereocenters. The third kappa shape index (κ3) is 6.82. The Balaban J connectivity index is 0.000000310. The van der Waals surface area contributed by atoms with E-state index in [-0.39, 0.29) is 5.48 Å². The fourth-order valence-electron chi connectivity index (χ4n) is 1.50. The molecule has 0 radical (unpaired) electrons. The number of hydrogen-bond donors (Lipinski definition) is 2. The van der Waals surface area contributed by atoms with E-state index in [0.29, 0.717) is 6.10 Å². The second kappa shape index (κ2) is 10.9. The molecule has 1 saturated heterocycles. The highest BCUT2D eigenvalue weighted by molar-refractivity contribution is 5.45. The lowest BCUT2D eigenvalue weighted by molar-refractivity contribution is -0.176. The molecule has 20 heavy (non-hydrogen) atoms. The Labute approximate surface area is 118 Å². The van der Waals surface area contributed by atoms with Gasteiger partial charge in [0.2, 0.25) is 0 Å². The van der Waals surface area contributed by atoms with Crippen molar-refractivity contribution in [1.82, 2.24) is 0 Å². The van der Waals surface area contributed by atoms with E-state index in [2.05, 4.69) is 18.7 Å². The summed E-state index contributed by atoms with van der Waals surface area (Å²) < 4.78 is 5.09. The van der Waals surface area contributed by atoms with Crippen LogP contribution in [-0.4, -0.2) is 22.6 Å². The summed E-state index contributed by atoms with van der Waals surface area (Å²) in [4.78, 5) is 0. The second-order valence-corrected chi connectivity index (χ2v) is 3.85. The summed E-state index contributed by atoms with van der Waals surface area (Å²) in [5, 5.41) is 12.0. The Kier molecular flexibility index (Phi) is 9.82. The van der Waals surface area contributed by atoms with Crippen LogP contribution in [0.3, 0.4) is 0 Å². The first-order chi connectivity index (χ1) is 9.40. The van der Waals surface area contributed by atoms with Gasteiger partial charge in [0, 0.05) is 0 Å². The molecule has 0 aromatic heterocycles. The van der Waals surface area contributed by atoms with E-state index >= 15 is 0 Å². The molecule has 4 heteroatoms. The molecule has 4 N–H and O–H groups in total. The summed E-state index contributed by atoms with van der Waals surface area (Å²) in [7, 11) is 0. The summed E-state index contributed by atoms with van der Waals surface area (Å²) >= 11 is 0. The molecule has 0 amide bonds. The van der Waals surface area contributed by atoms with Crippen molar-refractivity contribution < 1.29 is 20.7 Å². The third-order valence-corrected chi connectivity index (χ3v) is 2.54. The minimum atomic E-state index is 0. The number of epoxide rings is 1. The molecule has 0 spiro atoms. The maximum atomic E-state index is 6.00. The van der Waals surface area contributed by atoms with Gasteiger partial charge >= 0.3 is 0 Å². The number of benzene rings is 2. The van der Waals surface area contributed by atoms with Gasteiger partial charge in [0.05, 0.1) is 6.61 Å². The Bertz CT molecular complexity index is 452. The Morgan fingerprint density at radius 1 is 0.950 bits per heavy atom. The summed E-state index contributed by atoms with van der Waals surface area (Å²) in [6.45, 7) is 4.54. The van der Waals surface area contributed by atoms with Crippen LogP contribution in [0.2, 0.25) is 0 Å². The fraction of sp³-hybridized carbons (Fsp3) is 0.125. The standard InChI is InChI=1S/C8H8O.C8H8.H2O2.H2O/c1-2-4-7(5-3-1)8-6-9-8;1-2-8-6-4-3-5-7-8;1-2;/h1-5,8H,6H2;2-7H,1H2;1-2H;1H2. The van der Waals surface area contributed by atoms with Crippen LogP contribution in [0.15, 0.2) is 67.2 Å². The molecule has 1 fully saturated rings. The molecule has 0 saturated carbocycles. The van der Waals surface area contributed by atoms with Gasteiger partial charge in [-0.3, -0.25) is 10.5 Å². The monoisotopic (exact) mass is 276 g/mol. The Hall–Kier alpha value is -1.98. The van der Waals surface area contributed by atoms with E-state index in [4.69, 9.17) is 15.3 Å². The van der Waals surface area contributed by atoms with Crippen LogP contribution in [0.1, 0.15) is 17.2 Å². The van der Waals surface area contributed by atoms with Gasteiger partial charge in [-0.25, -0.2) is 0 Å². The van der Waals surface area contributed by atoms with Gasteiger partial charge in [0.15, 0.2) is 0 Å². The van der Waals surface area contributed by atoms with E-state index in [0.717, 1.165) is 6.61 Å². The maximum Gasteiger partial charge on any atom is 0.106 e. The van der Waals surface area contributed by atoms with Gasteiger partial charge in [0.25, 0.3) is 0 Å². The average Bonchev–Trinajstić information content (AvgIpc) is 3.36. The molecule has 1 aliphatic heterocycles. The highest BCUT2D eigenvalue weighted by Crippen LogP contribution is 2.28. The first-order valence-electron chi connectivity index (χ1n) is 5.94. The van der Waals surface area contributed by atoms with E-state index in [1.54, 1.807) is 0 Å². The van der Waals surface area contributed by atoms with Gasteiger partial charge in [-0.05, 0) is 11.1 Å². The summed E-state index contributed by atoms with van der Waals surface area (Å²) in [6.07, 6.45) is 2.24. The summed E-state index contributed by atoms with van der Waals surface area (Å²) in [5.41, 5.74) is 2.48. The maximum absolute atomic E-state index is 6.00. The van der Waals surface area contributed by atoms with Crippen LogP contribution in [-0.2, 0) is 4.74 Å². The molecular weight excluding hydrogens is 256 g/mol. The molecule has 2 aromatic rings. The van der Waals surface area contributed by atoms with Crippen molar-refractivity contribution >= 4 is 6.08 Å². The zero-order valence-corrected chi connectivity index (χ0v) is 11.1. The third-order valence-electron chi connectivity index (χ3n) is 2.54. The molecular formula is C16H20O4. The van der Waals surface area contributed by atoms with Crippen LogP contribution in [0.25, 0.3) is 6.08 Å². The van der Waals surface area contributed by atoms with Gasteiger partial charge in [0.1, 0.15) is 6.10 Å². The normalized spacial score (nSPS) is 14.4. The molecule has 1 atom stereocenters. The largest absolute Gasteiger partial charge is 0.412 e. The highest BCUT2D eigenvalue weighted by Gasteiger charge is 2.23. The van der Waals surface area contributed by atoms with Gasteiger partial charge < -0.3 is 10.2 Å². The zero-order valence-electron chi connectivity index (χ0n) is 11.1. The van der Waals surface area contributed by atoms with Crippen molar-refractivity contribution in [2.45, 2.75) is 6.10 Å². The van der Waals surface area contributed by atoms with Gasteiger partial charge in [-0.15, -0.1) is 0 Å². The quantitative estimate of drug-likeness (QED) is 0.501. The predicted molar refractivity (Wildman–Crippen MR) is 80.5 cm³/mol. The van der Waals surface area contributed by atoms with Crippen molar-refractivity contribution in [1.29, 1.82) is 0 Å². The van der Waals surface area contributed by atoms with Crippen molar-refractivity contribution in [2.75, 3.05) is 6.61 Å².